The summed E-state index contributed by atoms with van der Waals surface area (Å²) in [7, 11) is 2.55. The topological polar surface area (TPSA) is 91.1 Å². The van der Waals surface area contributed by atoms with Gasteiger partial charge in [0, 0.05) is 11.6 Å². The van der Waals surface area contributed by atoms with Gasteiger partial charge in [-0.3, -0.25) is 15.0 Å². The molecule has 0 N–H and O–H groups in total. The monoisotopic (exact) mass is 434 g/mol. The van der Waals surface area contributed by atoms with Gasteiger partial charge in [0.05, 0.1) is 36.1 Å². The second-order valence-electron chi connectivity index (χ2n) is 5.55. The van der Waals surface area contributed by atoms with Crippen LogP contribution < -0.4 is 4.74 Å². The van der Waals surface area contributed by atoms with E-state index in [4.69, 9.17) is 21.2 Å². The standard InChI is InChI=1S/C17H14ClF3N2O6/c1-22(27-2)29-16(24)8-10-7-12(4-5-14(10)23(25)26)28-15-6-3-11(9-13(15)18)17(19,20)21/h3-7,9H,8H2,1-2H3. The molecule has 0 aliphatic heterocycles. The number of hydrogen-bond acceptors (Lipinski definition) is 7. The van der Waals surface area contributed by atoms with Crippen molar-refractivity contribution >= 4 is 23.3 Å². The van der Waals surface area contributed by atoms with E-state index in [0.29, 0.717) is 6.07 Å². The molecule has 0 spiro atoms. The third kappa shape index (κ3) is 6.04. The normalized spacial score (nSPS) is 11.4. The van der Waals surface area contributed by atoms with Crippen LogP contribution in [0.1, 0.15) is 11.1 Å². The lowest BCUT2D eigenvalue weighted by atomic mass is 10.1. The summed E-state index contributed by atoms with van der Waals surface area (Å²) < 4.78 is 43.6. The molecule has 0 radical (unpaired) electrons. The maximum atomic E-state index is 12.7. The van der Waals surface area contributed by atoms with Crippen LogP contribution in [0.5, 0.6) is 11.5 Å². The van der Waals surface area contributed by atoms with Crippen LogP contribution in [-0.2, 0) is 27.1 Å². The highest BCUT2D eigenvalue weighted by Gasteiger charge is 2.31. The number of hydroxylamine groups is 2. The lowest BCUT2D eigenvalue weighted by Crippen LogP contribution is -2.23. The second-order valence-corrected chi connectivity index (χ2v) is 5.96. The van der Waals surface area contributed by atoms with Gasteiger partial charge < -0.3 is 9.57 Å². The molecule has 0 fully saturated rings. The van der Waals surface area contributed by atoms with Gasteiger partial charge in [0.15, 0.2) is 0 Å². The van der Waals surface area contributed by atoms with Gasteiger partial charge in [-0.25, -0.2) is 4.79 Å². The van der Waals surface area contributed by atoms with Gasteiger partial charge in [-0.2, -0.15) is 13.2 Å². The van der Waals surface area contributed by atoms with Crippen LogP contribution in [-0.4, -0.2) is 30.3 Å². The minimum absolute atomic E-state index is 0.0279. The highest BCUT2D eigenvalue weighted by molar-refractivity contribution is 6.32. The van der Waals surface area contributed by atoms with Gasteiger partial charge in [-0.1, -0.05) is 11.6 Å². The number of carbonyl (C=O) groups is 1. The number of alkyl halides is 3. The summed E-state index contributed by atoms with van der Waals surface area (Å²) in [5.74, 6) is -0.913. The molecule has 0 unspecified atom stereocenters. The summed E-state index contributed by atoms with van der Waals surface area (Å²) in [5, 5.41) is 11.6. The van der Waals surface area contributed by atoms with Crippen LogP contribution >= 0.6 is 11.6 Å². The van der Waals surface area contributed by atoms with Crippen molar-refractivity contribution in [1.29, 1.82) is 0 Å². The molecule has 0 aromatic heterocycles. The van der Waals surface area contributed by atoms with Gasteiger partial charge in [0.2, 0.25) is 0 Å². The maximum absolute atomic E-state index is 12.7. The van der Waals surface area contributed by atoms with Crippen LogP contribution in [0, 0.1) is 10.1 Å². The smallest absolute Gasteiger partial charge is 0.416 e. The fourth-order valence-corrected chi connectivity index (χ4v) is 2.42. The molecule has 0 bridgehead atoms. The van der Waals surface area contributed by atoms with Crippen LogP contribution in [0.15, 0.2) is 36.4 Å². The number of carbonyl (C=O) groups excluding carboxylic acids is 1. The van der Waals surface area contributed by atoms with E-state index in [9.17, 15) is 28.1 Å². The summed E-state index contributed by atoms with van der Waals surface area (Å²) >= 11 is 5.84. The Hall–Kier alpha value is -2.89. The number of hydrogen-bond donors (Lipinski definition) is 0. The summed E-state index contributed by atoms with van der Waals surface area (Å²) in [6.07, 6.45) is -5.06. The second kappa shape index (κ2) is 9.07. The van der Waals surface area contributed by atoms with E-state index in [1.165, 1.54) is 26.3 Å². The summed E-state index contributed by atoms with van der Waals surface area (Å²) in [5.41, 5.74) is -1.36. The first-order valence-electron chi connectivity index (χ1n) is 7.81. The Morgan fingerprint density at radius 3 is 2.48 bits per heavy atom. The van der Waals surface area contributed by atoms with E-state index >= 15 is 0 Å². The van der Waals surface area contributed by atoms with E-state index in [2.05, 4.69) is 4.84 Å². The zero-order valence-electron chi connectivity index (χ0n) is 15.0. The van der Waals surface area contributed by atoms with Gasteiger partial charge in [0.25, 0.3) is 5.69 Å². The van der Waals surface area contributed by atoms with Crippen molar-refractivity contribution < 1.29 is 37.3 Å². The Balaban J connectivity index is 2.28. The first kappa shape index (κ1) is 22.4. The number of benzene rings is 2. The van der Waals surface area contributed by atoms with E-state index in [-0.39, 0.29) is 27.8 Å². The van der Waals surface area contributed by atoms with Crippen molar-refractivity contribution in [2.45, 2.75) is 12.6 Å². The van der Waals surface area contributed by atoms with Crippen LogP contribution in [0.2, 0.25) is 5.02 Å². The number of rotatable bonds is 7. The van der Waals surface area contributed by atoms with Gasteiger partial charge in [0.1, 0.15) is 11.5 Å². The first-order valence-corrected chi connectivity index (χ1v) is 8.19. The van der Waals surface area contributed by atoms with E-state index in [0.717, 1.165) is 23.4 Å². The van der Waals surface area contributed by atoms with Crippen molar-refractivity contribution in [2.75, 3.05) is 14.2 Å². The molecular weight excluding hydrogens is 421 g/mol. The Morgan fingerprint density at radius 2 is 1.93 bits per heavy atom. The molecule has 0 saturated carbocycles. The molecule has 12 heteroatoms. The molecule has 0 amide bonds. The molecule has 0 aliphatic carbocycles. The average Bonchev–Trinajstić information content (AvgIpc) is 2.62. The Kier molecular flexibility index (Phi) is 7.01. The molecule has 0 aliphatic rings. The zero-order valence-corrected chi connectivity index (χ0v) is 15.8. The minimum atomic E-state index is -4.57. The highest BCUT2D eigenvalue weighted by Crippen LogP contribution is 2.37. The Morgan fingerprint density at radius 1 is 1.24 bits per heavy atom. The number of nitro benzene ring substituents is 1. The van der Waals surface area contributed by atoms with Crippen LogP contribution in [0.3, 0.4) is 0 Å². The van der Waals surface area contributed by atoms with Crippen molar-refractivity contribution in [2.24, 2.45) is 0 Å². The molecule has 0 saturated heterocycles. The SMILES string of the molecule is CON(C)OC(=O)Cc1cc(Oc2ccc(C(F)(F)F)cc2Cl)ccc1[N+](=O)[O-]. The molecule has 0 heterocycles. The van der Waals surface area contributed by atoms with Gasteiger partial charge in [-0.05, 0) is 35.6 Å². The third-order valence-corrected chi connectivity index (χ3v) is 3.85. The lowest BCUT2D eigenvalue weighted by Gasteiger charge is -2.13. The Labute approximate surface area is 167 Å². The molecule has 29 heavy (non-hydrogen) atoms. The molecule has 156 valence electrons. The summed E-state index contributed by atoms with van der Waals surface area (Å²) in [4.78, 5) is 31.7. The largest absolute Gasteiger partial charge is 0.456 e. The van der Waals surface area contributed by atoms with Crippen molar-refractivity contribution in [3.05, 3.63) is 62.7 Å². The minimum Gasteiger partial charge on any atom is -0.456 e. The fraction of sp³-hybridized carbons (Fsp3) is 0.235. The first-order chi connectivity index (χ1) is 13.5. The van der Waals surface area contributed by atoms with Crippen LogP contribution in [0.4, 0.5) is 18.9 Å². The molecule has 8 nitrogen and oxygen atoms in total. The molecule has 2 rings (SSSR count). The predicted molar refractivity (Wildman–Crippen MR) is 94.2 cm³/mol. The van der Waals surface area contributed by atoms with Crippen LogP contribution in [0.25, 0.3) is 0 Å². The van der Waals surface area contributed by atoms with Crippen molar-refractivity contribution in [3.8, 4) is 11.5 Å². The molecule has 2 aromatic rings. The van der Waals surface area contributed by atoms with E-state index < -0.39 is 29.1 Å². The number of nitrogens with zero attached hydrogens (tertiary/aromatic N) is 2. The number of nitro groups is 1. The average molecular weight is 435 g/mol. The van der Waals surface area contributed by atoms with Gasteiger partial charge in [-0.15, -0.1) is 0 Å². The van der Waals surface area contributed by atoms with E-state index in [1.807, 2.05) is 0 Å². The molecular formula is C17H14ClF3N2O6. The summed E-state index contributed by atoms with van der Waals surface area (Å²) in [6.45, 7) is 0. The molecule has 2 aromatic carbocycles. The number of ether oxygens (including phenoxy) is 1. The lowest BCUT2D eigenvalue weighted by molar-refractivity contribution is -0.385. The predicted octanol–water partition coefficient (Wildman–Crippen LogP) is 4.55. The molecule has 0 atom stereocenters. The van der Waals surface area contributed by atoms with Crippen molar-refractivity contribution in [3.63, 3.8) is 0 Å². The number of halogens is 4. The highest BCUT2D eigenvalue weighted by atomic mass is 35.5. The Bertz CT molecular complexity index is 923. The summed E-state index contributed by atoms with van der Waals surface area (Å²) in [6, 6.07) is 6.01. The fourth-order valence-electron chi connectivity index (χ4n) is 2.20. The zero-order chi connectivity index (χ0) is 21.8. The third-order valence-electron chi connectivity index (χ3n) is 3.56. The van der Waals surface area contributed by atoms with Gasteiger partial charge >= 0.3 is 12.1 Å². The van der Waals surface area contributed by atoms with Crippen molar-refractivity contribution in [1.82, 2.24) is 5.23 Å². The van der Waals surface area contributed by atoms with E-state index in [1.54, 1.807) is 0 Å². The maximum Gasteiger partial charge on any atom is 0.416 e. The quantitative estimate of drug-likeness (QED) is 0.466.